The van der Waals surface area contributed by atoms with E-state index in [9.17, 15) is 95.6 Å². The van der Waals surface area contributed by atoms with E-state index in [-0.39, 0.29) is 0 Å². The fourth-order valence-electron chi connectivity index (χ4n) is 1.54. The van der Waals surface area contributed by atoms with Crippen molar-refractivity contribution < 1.29 is 109 Å². The monoisotopic (exact) mass is 618 g/mol. The first-order chi connectivity index (χ1) is 14.7. The molecule has 0 rings (SSSR count). The summed E-state index contributed by atoms with van der Waals surface area (Å²) in [7, 11) is -16.8. The Balaban J connectivity index is 6.65. The van der Waals surface area contributed by atoms with E-state index in [1.54, 1.807) is 4.12 Å². The number of alkyl halides is 17. The second-order valence-electron chi connectivity index (χ2n) is 5.67. The van der Waals surface area contributed by atoms with Crippen LogP contribution in [0.2, 0.25) is 0 Å². The summed E-state index contributed by atoms with van der Waals surface area (Å²) in [6, 6.07) is 0. The van der Waals surface area contributed by atoms with Crippen LogP contribution < -0.4 is 0 Å². The highest BCUT2D eigenvalue weighted by molar-refractivity contribution is 6.66. The van der Waals surface area contributed by atoms with Gasteiger partial charge in [-0.2, -0.15) is 74.6 Å². The van der Waals surface area contributed by atoms with Crippen LogP contribution in [-0.2, 0) is 13.2 Å². The molecule has 0 heterocycles. The summed E-state index contributed by atoms with van der Waals surface area (Å²) in [6.07, 6.45) is -16.2. The summed E-state index contributed by atoms with van der Waals surface area (Å²) >= 11 is 0. The highest BCUT2D eigenvalue weighted by Gasteiger charge is 2.96. The van der Waals surface area contributed by atoms with Crippen molar-refractivity contribution in [3.63, 3.8) is 0 Å². The van der Waals surface area contributed by atoms with Gasteiger partial charge in [-0.25, -0.2) is 16.4 Å². The molecule has 0 spiro atoms. The van der Waals surface area contributed by atoms with Crippen LogP contribution in [0.25, 0.3) is 0 Å². The van der Waals surface area contributed by atoms with Crippen LogP contribution in [0.15, 0.2) is 0 Å². The molecule has 0 amide bonds. The quantitative estimate of drug-likeness (QED) is 0.148. The topological polar surface area (TPSA) is 27.7 Å². The normalized spacial score (nSPS) is 16.6. The number of hydrogen-bond acceptors (Lipinski definition) is 3. The van der Waals surface area contributed by atoms with Crippen LogP contribution in [0.1, 0.15) is 0 Å². The van der Waals surface area contributed by atoms with Gasteiger partial charge in [-0.15, -0.1) is 4.63 Å². The number of halogens is 22. The lowest BCUT2D eigenvalue weighted by atomic mass is 9.91. The molecule has 0 aromatic heterocycles. The third kappa shape index (κ3) is 5.27. The van der Waals surface area contributed by atoms with Gasteiger partial charge in [0.05, 0.1) is 0 Å². The van der Waals surface area contributed by atoms with Gasteiger partial charge in [0.15, 0.2) is 0 Å². The first kappa shape index (κ1) is 33.8. The molecule has 0 fully saturated rings. The van der Waals surface area contributed by atoms with E-state index in [1.807, 2.05) is 0 Å². The standard InChI is InChI=1S/C8F22O3Si2/c9-1(10,3(13,14)5(17,18)7(21,22)23)2(11,12)4(15,16)6(19,20)8(24,25)31-34(27,28)33-35(29,30)32-26. The Morgan fingerprint density at radius 1 is 0.400 bits per heavy atom. The maximum Gasteiger partial charge on any atom is 0.788 e. The zero-order chi connectivity index (χ0) is 29.1. The van der Waals surface area contributed by atoms with Gasteiger partial charge in [-0.1, -0.05) is 4.53 Å². The Labute approximate surface area is 176 Å². The molecule has 0 atom stereocenters. The maximum atomic E-state index is 13.3. The van der Waals surface area contributed by atoms with Crippen LogP contribution in [0.4, 0.5) is 95.6 Å². The van der Waals surface area contributed by atoms with Gasteiger partial charge in [0.1, 0.15) is 0 Å². The van der Waals surface area contributed by atoms with Crippen molar-refractivity contribution in [3.8, 4) is 0 Å². The number of rotatable bonds is 11. The zero-order valence-corrected chi connectivity index (χ0v) is 16.5. The van der Waals surface area contributed by atoms with Crippen molar-refractivity contribution in [2.24, 2.45) is 0 Å². The molecular formula is C8F22O3Si2. The van der Waals surface area contributed by atoms with E-state index < -0.39 is 66.3 Å². The average molecular weight is 618 g/mol. The molecule has 0 radical (unpaired) electrons. The Hall–Kier alpha value is -1.23. The van der Waals surface area contributed by atoms with Crippen molar-refractivity contribution in [1.82, 2.24) is 0 Å². The van der Waals surface area contributed by atoms with Crippen LogP contribution in [0, 0.1) is 0 Å². The fraction of sp³-hybridized carbons (Fsp3) is 1.00. The van der Waals surface area contributed by atoms with Gasteiger partial charge in [-0.3, -0.25) is 4.43 Å². The maximum absolute atomic E-state index is 13.3. The minimum Gasteiger partial charge on any atom is -0.311 e. The minimum absolute atomic E-state index is 1.35. The molecule has 0 N–H and O–H groups in total. The van der Waals surface area contributed by atoms with Crippen molar-refractivity contribution in [2.45, 2.75) is 47.8 Å². The lowest BCUT2D eigenvalue weighted by Gasteiger charge is -2.42. The Bertz CT molecular complexity index is 758. The van der Waals surface area contributed by atoms with Crippen molar-refractivity contribution in [2.75, 3.05) is 0 Å². The lowest BCUT2D eigenvalue weighted by Crippen LogP contribution is -2.75. The molecule has 0 bridgehead atoms. The summed E-state index contributed by atoms with van der Waals surface area (Å²) in [6.45, 7) is 0. The minimum atomic E-state index is -9.10. The lowest BCUT2D eigenvalue weighted by molar-refractivity contribution is -0.473. The highest BCUT2D eigenvalue weighted by Crippen LogP contribution is 2.64. The molecule has 0 saturated carbocycles. The van der Waals surface area contributed by atoms with Crippen molar-refractivity contribution in [3.05, 3.63) is 0 Å². The van der Waals surface area contributed by atoms with Gasteiger partial charge in [-0.05, 0) is 0 Å². The van der Waals surface area contributed by atoms with E-state index in [1.165, 1.54) is 9.06 Å². The first-order valence-electron chi connectivity index (χ1n) is 6.89. The Morgan fingerprint density at radius 2 is 0.686 bits per heavy atom. The Kier molecular flexibility index (Phi) is 8.37. The molecule has 3 nitrogen and oxygen atoms in total. The second-order valence-corrected chi connectivity index (χ2v) is 8.70. The molecule has 0 saturated heterocycles. The molecule has 0 aliphatic rings. The summed E-state index contributed by atoms with van der Waals surface area (Å²) in [4.78, 5) is 0. The molecule has 0 aliphatic carbocycles. The zero-order valence-electron chi connectivity index (χ0n) is 14.5. The van der Waals surface area contributed by atoms with E-state index >= 15 is 0 Å². The summed E-state index contributed by atoms with van der Waals surface area (Å²) in [5.41, 5.74) is 0. The van der Waals surface area contributed by atoms with Gasteiger partial charge >= 0.3 is 66.3 Å². The highest BCUT2D eigenvalue weighted by atomic mass is 28.5. The number of hydrogen-bond donors (Lipinski definition) is 0. The Morgan fingerprint density at radius 3 is 0.971 bits per heavy atom. The molecule has 0 aromatic carbocycles. The third-order valence-electron chi connectivity index (χ3n) is 3.27. The van der Waals surface area contributed by atoms with E-state index in [0.29, 0.717) is 0 Å². The average Bonchev–Trinajstić information content (AvgIpc) is 2.57. The summed E-state index contributed by atoms with van der Waals surface area (Å²) < 4.78 is 284. The first-order valence-corrected chi connectivity index (χ1v) is 10.0. The van der Waals surface area contributed by atoms with Crippen molar-refractivity contribution in [1.29, 1.82) is 0 Å². The summed E-state index contributed by atoms with van der Waals surface area (Å²) in [5, 5.41) is 0. The van der Waals surface area contributed by atoms with Gasteiger partial charge in [0, 0.05) is 0 Å². The predicted molar refractivity (Wildman–Crippen MR) is 61.0 cm³/mol. The van der Waals surface area contributed by atoms with Crippen LogP contribution >= 0.6 is 0 Å². The molecule has 212 valence electrons. The van der Waals surface area contributed by atoms with Crippen LogP contribution in [-0.4, -0.2) is 66.3 Å². The molecule has 0 unspecified atom stereocenters. The largest absolute Gasteiger partial charge is 0.788 e. The second kappa shape index (κ2) is 8.67. The third-order valence-corrected chi connectivity index (χ3v) is 5.84. The van der Waals surface area contributed by atoms with Gasteiger partial charge in [0.25, 0.3) is 0 Å². The van der Waals surface area contributed by atoms with Crippen LogP contribution in [0.3, 0.4) is 0 Å². The molecule has 27 heteroatoms. The molecule has 35 heavy (non-hydrogen) atoms. The predicted octanol–water partition coefficient (Wildman–Crippen LogP) is 6.64. The van der Waals surface area contributed by atoms with Gasteiger partial charge < -0.3 is 4.12 Å². The molecular weight excluding hydrogens is 618 g/mol. The van der Waals surface area contributed by atoms with Gasteiger partial charge in [0.2, 0.25) is 0 Å². The van der Waals surface area contributed by atoms with E-state index in [0.717, 1.165) is 0 Å². The molecule has 0 aromatic rings. The summed E-state index contributed by atoms with van der Waals surface area (Å²) in [5.74, 6) is -53.2. The van der Waals surface area contributed by atoms with E-state index in [4.69, 9.17) is 0 Å². The fourth-order valence-corrected chi connectivity index (χ4v) is 3.36. The SMILES string of the molecule is FO[Si](F)(F)O[Si](F)(F)OC(F)(F)C(F)(F)C(F)(F)C(F)(F)C(F)(F)C(F)(F)C(F)(F)C(F)(F)F. The van der Waals surface area contributed by atoms with E-state index in [2.05, 4.69) is 0 Å². The molecule has 0 aliphatic heterocycles. The van der Waals surface area contributed by atoms with Crippen molar-refractivity contribution >= 4 is 18.5 Å². The smallest absolute Gasteiger partial charge is 0.311 e. The van der Waals surface area contributed by atoms with Crippen LogP contribution in [0.5, 0.6) is 0 Å².